The maximum Gasteiger partial charge on any atom is 0.418 e. The van der Waals surface area contributed by atoms with Crippen molar-refractivity contribution in [2.45, 2.75) is 50.0 Å². The van der Waals surface area contributed by atoms with Crippen LogP contribution >= 0.6 is 0 Å². The molecular formula is C9H14F3NO. The van der Waals surface area contributed by atoms with Gasteiger partial charge in [-0.05, 0) is 19.8 Å². The second kappa shape index (κ2) is 2.85. The van der Waals surface area contributed by atoms with Crippen molar-refractivity contribution in [2.24, 2.45) is 0 Å². The van der Waals surface area contributed by atoms with Crippen molar-refractivity contribution in [3.63, 3.8) is 0 Å². The van der Waals surface area contributed by atoms with E-state index in [1.807, 2.05) is 0 Å². The molecule has 2 atom stereocenters. The SMILES string of the molecule is CC1CC(O)(C(F)(F)F)CN1C1CC1. The van der Waals surface area contributed by atoms with Crippen LogP contribution in [0, 0.1) is 0 Å². The summed E-state index contributed by atoms with van der Waals surface area (Å²) in [4.78, 5) is 1.79. The molecule has 14 heavy (non-hydrogen) atoms. The summed E-state index contributed by atoms with van der Waals surface area (Å²) >= 11 is 0. The van der Waals surface area contributed by atoms with E-state index < -0.39 is 11.8 Å². The highest BCUT2D eigenvalue weighted by Crippen LogP contribution is 2.44. The lowest BCUT2D eigenvalue weighted by Gasteiger charge is -2.26. The van der Waals surface area contributed by atoms with E-state index in [9.17, 15) is 18.3 Å². The van der Waals surface area contributed by atoms with Gasteiger partial charge in [0.15, 0.2) is 5.60 Å². The average molecular weight is 209 g/mol. The van der Waals surface area contributed by atoms with Crippen LogP contribution in [0.5, 0.6) is 0 Å². The predicted molar refractivity (Wildman–Crippen MR) is 44.8 cm³/mol. The molecular weight excluding hydrogens is 195 g/mol. The number of likely N-dealkylation sites (tertiary alicyclic amines) is 1. The zero-order chi connectivity index (χ0) is 10.6. The van der Waals surface area contributed by atoms with Crippen LogP contribution in [0.25, 0.3) is 0 Å². The Bertz CT molecular complexity index is 239. The number of rotatable bonds is 1. The molecule has 0 amide bonds. The third-order valence-electron chi connectivity index (χ3n) is 3.19. The molecule has 2 rings (SSSR count). The topological polar surface area (TPSA) is 23.5 Å². The predicted octanol–water partition coefficient (Wildman–Crippen LogP) is 1.54. The van der Waals surface area contributed by atoms with E-state index >= 15 is 0 Å². The van der Waals surface area contributed by atoms with Crippen molar-refractivity contribution in [2.75, 3.05) is 6.54 Å². The highest BCUT2D eigenvalue weighted by molar-refractivity contribution is 5.03. The monoisotopic (exact) mass is 209 g/mol. The molecule has 0 spiro atoms. The summed E-state index contributed by atoms with van der Waals surface area (Å²) in [7, 11) is 0. The summed E-state index contributed by atoms with van der Waals surface area (Å²) in [6, 6.07) is 0.121. The molecule has 0 radical (unpaired) electrons. The Labute approximate surface area is 80.7 Å². The van der Waals surface area contributed by atoms with Gasteiger partial charge >= 0.3 is 6.18 Å². The summed E-state index contributed by atoms with van der Waals surface area (Å²) in [5, 5.41) is 9.48. The van der Waals surface area contributed by atoms with Gasteiger partial charge < -0.3 is 5.11 Å². The van der Waals surface area contributed by atoms with E-state index in [1.54, 1.807) is 11.8 Å². The number of alkyl halides is 3. The number of aliphatic hydroxyl groups is 1. The van der Waals surface area contributed by atoms with Crippen LogP contribution in [0.1, 0.15) is 26.2 Å². The summed E-state index contributed by atoms with van der Waals surface area (Å²) in [5.74, 6) is 0. The Morgan fingerprint density at radius 3 is 2.29 bits per heavy atom. The molecule has 82 valence electrons. The molecule has 0 aromatic heterocycles. The van der Waals surface area contributed by atoms with Gasteiger partial charge in [-0.1, -0.05) is 0 Å². The largest absolute Gasteiger partial charge is 0.418 e. The highest BCUT2D eigenvalue weighted by Gasteiger charge is 2.60. The Hall–Kier alpha value is -0.290. The van der Waals surface area contributed by atoms with Gasteiger partial charge in [-0.3, -0.25) is 4.90 Å². The number of β-amino-alcohol motifs (C(OH)–C–C–N with tert-alkyl or cyclic N) is 1. The van der Waals surface area contributed by atoms with Crippen LogP contribution in [0.2, 0.25) is 0 Å². The van der Waals surface area contributed by atoms with Crippen LogP contribution in [0.15, 0.2) is 0 Å². The zero-order valence-electron chi connectivity index (χ0n) is 8.01. The fraction of sp³-hybridized carbons (Fsp3) is 1.00. The van der Waals surface area contributed by atoms with Crippen molar-refractivity contribution in [3.8, 4) is 0 Å². The minimum atomic E-state index is -4.50. The molecule has 1 aliphatic heterocycles. The van der Waals surface area contributed by atoms with Crippen LogP contribution in [0.4, 0.5) is 13.2 Å². The van der Waals surface area contributed by atoms with Gasteiger partial charge in [0.1, 0.15) is 0 Å². The van der Waals surface area contributed by atoms with E-state index in [0.29, 0.717) is 0 Å². The minimum absolute atomic E-state index is 0.158. The standard InChI is InChI=1S/C9H14F3NO/c1-6-4-8(14,9(10,11)12)5-13(6)7-2-3-7/h6-7,14H,2-5H2,1H3. The van der Waals surface area contributed by atoms with Crippen molar-refractivity contribution >= 4 is 0 Å². The first kappa shape index (κ1) is 10.2. The summed E-state index contributed by atoms with van der Waals surface area (Å²) in [5.41, 5.74) is -2.48. The summed E-state index contributed by atoms with van der Waals surface area (Å²) < 4.78 is 37.5. The molecule has 0 bridgehead atoms. The van der Waals surface area contributed by atoms with Crippen molar-refractivity contribution < 1.29 is 18.3 Å². The lowest BCUT2D eigenvalue weighted by Crippen LogP contribution is -2.47. The van der Waals surface area contributed by atoms with Crippen molar-refractivity contribution in [3.05, 3.63) is 0 Å². The Morgan fingerprint density at radius 2 is 1.93 bits per heavy atom. The van der Waals surface area contributed by atoms with Gasteiger partial charge in [-0.25, -0.2) is 0 Å². The minimum Gasteiger partial charge on any atom is -0.379 e. The highest BCUT2D eigenvalue weighted by atomic mass is 19.4. The second-order valence-corrected chi connectivity index (χ2v) is 4.49. The number of halogens is 3. The van der Waals surface area contributed by atoms with Gasteiger partial charge in [0.05, 0.1) is 0 Å². The lowest BCUT2D eigenvalue weighted by atomic mass is 10.0. The van der Waals surface area contributed by atoms with E-state index in [2.05, 4.69) is 0 Å². The number of hydrogen-bond donors (Lipinski definition) is 1. The van der Waals surface area contributed by atoms with Crippen LogP contribution < -0.4 is 0 Å². The number of nitrogens with zero attached hydrogens (tertiary/aromatic N) is 1. The van der Waals surface area contributed by atoms with Gasteiger partial charge in [0.2, 0.25) is 0 Å². The maximum atomic E-state index is 12.5. The van der Waals surface area contributed by atoms with Crippen LogP contribution in [0.3, 0.4) is 0 Å². The molecule has 2 fully saturated rings. The molecule has 1 saturated heterocycles. The third kappa shape index (κ3) is 1.52. The van der Waals surface area contributed by atoms with Crippen molar-refractivity contribution in [1.29, 1.82) is 0 Å². The van der Waals surface area contributed by atoms with Crippen molar-refractivity contribution in [1.82, 2.24) is 4.90 Å². The molecule has 1 heterocycles. The smallest absolute Gasteiger partial charge is 0.379 e. The van der Waals surface area contributed by atoms with E-state index in [-0.39, 0.29) is 25.0 Å². The fourth-order valence-corrected chi connectivity index (χ4v) is 2.23. The van der Waals surface area contributed by atoms with Gasteiger partial charge in [0, 0.05) is 25.0 Å². The normalized spacial score (nSPS) is 40.5. The zero-order valence-corrected chi connectivity index (χ0v) is 8.01. The summed E-state index contributed by atoms with van der Waals surface area (Å²) in [6.45, 7) is 1.50. The van der Waals surface area contributed by atoms with E-state index in [1.165, 1.54) is 0 Å². The first-order chi connectivity index (χ1) is 6.33. The molecule has 1 N–H and O–H groups in total. The first-order valence-electron chi connectivity index (χ1n) is 4.88. The van der Waals surface area contributed by atoms with Gasteiger partial charge in [0.25, 0.3) is 0 Å². The van der Waals surface area contributed by atoms with Gasteiger partial charge in [-0.2, -0.15) is 13.2 Å². The van der Waals surface area contributed by atoms with E-state index in [0.717, 1.165) is 12.8 Å². The first-order valence-corrected chi connectivity index (χ1v) is 4.88. The molecule has 2 aliphatic rings. The molecule has 1 saturated carbocycles. The maximum absolute atomic E-state index is 12.5. The molecule has 5 heteroatoms. The Morgan fingerprint density at radius 1 is 1.36 bits per heavy atom. The average Bonchev–Trinajstić information content (AvgIpc) is 2.77. The molecule has 0 aromatic rings. The third-order valence-corrected chi connectivity index (χ3v) is 3.19. The number of hydrogen-bond acceptors (Lipinski definition) is 2. The fourth-order valence-electron chi connectivity index (χ4n) is 2.23. The van der Waals surface area contributed by atoms with Crippen LogP contribution in [-0.4, -0.2) is 40.4 Å². The quantitative estimate of drug-likeness (QED) is 0.708. The molecule has 0 aromatic carbocycles. The Kier molecular flexibility index (Phi) is 2.09. The van der Waals surface area contributed by atoms with Gasteiger partial charge in [-0.15, -0.1) is 0 Å². The van der Waals surface area contributed by atoms with E-state index in [4.69, 9.17) is 0 Å². The molecule has 1 aliphatic carbocycles. The van der Waals surface area contributed by atoms with Crippen LogP contribution in [-0.2, 0) is 0 Å². The second-order valence-electron chi connectivity index (χ2n) is 4.49. The Balaban J connectivity index is 2.10. The lowest BCUT2D eigenvalue weighted by molar-refractivity contribution is -0.254. The molecule has 2 unspecified atom stereocenters. The molecule has 2 nitrogen and oxygen atoms in total. The summed E-state index contributed by atoms with van der Waals surface area (Å²) in [6.07, 6.45) is -2.74.